The number of unbranched alkanes of at least 4 members (excludes halogenated alkanes) is 3. The minimum Gasteiger partial charge on any atom is -0.352 e. The van der Waals surface area contributed by atoms with Crippen LogP contribution >= 0.6 is 15.9 Å². The molecule has 0 aromatic heterocycles. The minimum atomic E-state index is -0.425. The van der Waals surface area contributed by atoms with E-state index in [1.807, 2.05) is 0 Å². The molecule has 0 heterocycles. The largest absolute Gasteiger partial charge is 0.352 e. The molecule has 0 atom stereocenters. The second-order valence-electron chi connectivity index (χ2n) is 2.39. The van der Waals surface area contributed by atoms with Gasteiger partial charge in [0.25, 0.3) is 0 Å². The van der Waals surface area contributed by atoms with Crippen LogP contribution in [0.25, 0.3) is 0 Å². The van der Waals surface area contributed by atoms with Gasteiger partial charge in [-0.25, -0.2) is 4.79 Å². The van der Waals surface area contributed by atoms with E-state index in [9.17, 15) is 4.79 Å². The third-order valence-corrected chi connectivity index (χ3v) is 1.92. The maximum Gasteiger partial charge on any atom is 0.312 e. The molecule has 0 aliphatic rings. The Labute approximate surface area is 75.8 Å². The molecule has 0 aliphatic carbocycles. The summed E-state index contributed by atoms with van der Waals surface area (Å²) in [5.41, 5.74) is 4.88. The summed E-state index contributed by atoms with van der Waals surface area (Å²) >= 11 is 3.35. The first-order valence-electron chi connectivity index (χ1n) is 3.86. The van der Waals surface area contributed by atoms with E-state index in [2.05, 4.69) is 21.2 Å². The number of primary amides is 1. The molecule has 0 unspecified atom stereocenters. The van der Waals surface area contributed by atoms with Gasteiger partial charge >= 0.3 is 6.03 Å². The van der Waals surface area contributed by atoms with E-state index in [4.69, 9.17) is 5.73 Å². The molecule has 3 N–H and O–H groups in total. The zero-order chi connectivity index (χ0) is 8.53. The SMILES string of the molecule is NC(=O)NCCCCCCBr. The summed E-state index contributed by atoms with van der Waals surface area (Å²) in [7, 11) is 0. The fourth-order valence-electron chi connectivity index (χ4n) is 0.785. The van der Waals surface area contributed by atoms with Crippen molar-refractivity contribution in [2.45, 2.75) is 25.7 Å². The summed E-state index contributed by atoms with van der Waals surface area (Å²) in [4.78, 5) is 10.2. The lowest BCUT2D eigenvalue weighted by molar-refractivity contribution is 0.248. The van der Waals surface area contributed by atoms with Crippen molar-refractivity contribution in [2.24, 2.45) is 5.73 Å². The van der Waals surface area contributed by atoms with E-state index < -0.39 is 6.03 Å². The zero-order valence-corrected chi connectivity index (χ0v) is 8.19. The highest BCUT2D eigenvalue weighted by atomic mass is 79.9. The summed E-state index contributed by atoms with van der Waals surface area (Å²) in [6, 6.07) is -0.425. The zero-order valence-electron chi connectivity index (χ0n) is 6.61. The van der Waals surface area contributed by atoms with Gasteiger partial charge in [-0.3, -0.25) is 0 Å². The number of carbonyl (C=O) groups is 1. The maximum absolute atomic E-state index is 10.2. The van der Waals surface area contributed by atoms with E-state index >= 15 is 0 Å². The first kappa shape index (κ1) is 10.8. The van der Waals surface area contributed by atoms with Crippen LogP contribution in [0, 0.1) is 0 Å². The van der Waals surface area contributed by atoms with E-state index in [0.717, 1.165) is 18.2 Å². The molecule has 0 aromatic rings. The Morgan fingerprint density at radius 2 is 1.91 bits per heavy atom. The molecule has 0 fully saturated rings. The molecule has 4 heteroatoms. The molecule has 0 radical (unpaired) electrons. The van der Waals surface area contributed by atoms with Crippen LogP contribution in [0.3, 0.4) is 0 Å². The van der Waals surface area contributed by atoms with Crippen molar-refractivity contribution in [1.82, 2.24) is 5.32 Å². The van der Waals surface area contributed by atoms with Crippen molar-refractivity contribution in [1.29, 1.82) is 0 Å². The Hall–Kier alpha value is -0.250. The topological polar surface area (TPSA) is 55.1 Å². The lowest BCUT2D eigenvalue weighted by Crippen LogP contribution is -2.29. The number of nitrogens with two attached hydrogens (primary N) is 1. The van der Waals surface area contributed by atoms with E-state index in [-0.39, 0.29) is 0 Å². The molecule has 0 rings (SSSR count). The second-order valence-corrected chi connectivity index (χ2v) is 3.19. The summed E-state index contributed by atoms with van der Waals surface area (Å²) in [5.74, 6) is 0. The lowest BCUT2D eigenvalue weighted by atomic mass is 10.2. The van der Waals surface area contributed by atoms with E-state index in [1.54, 1.807) is 0 Å². The average Bonchev–Trinajstić information content (AvgIpc) is 1.96. The van der Waals surface area contributed by atoms with Crippen LogP contribution in [0.1, 0.15) is 25.7 Å². The molecule has 0 aliphatic heterocycles. The summed E-state index contributed by atoms with van der Waals surface area (Å²) in [5, 5.41) is 3.62. The van der Waals surface area contributed by atoms with Crippen molar-refractivity contribution in [3.8, 4) is 0 Å². The van der Waals surface area contributed by atoms with Gasteiger partial charge in [0, 0.05) is 11.9 Å². The van der Waals surface area contributed by atoms with E-state index in [1.165, 1.54) is 12.8 Å². The molecule has 0 saturated heterocycles. The molecular formula is C7H15BrN2O. The molecule has 0 spiro atoms. The van der Waals surface area contributed by atoms with Crippen LogP contribution in [0.15, 0.2) is 0 Å². The second kappa shape index (κ2) is 7.85. The van der Waals surface area contributed by atoms with Gasteiger partial charge in [0.1, 0.15) is 0 Å². The quantitative estimate of drug-likeness (QED) is 0.521. The molecule has 0 saturated carbocycles. The Kier molecular flexibility index (Phi) is 7.67. The minimum absolute atomic E-state index is 0.425. The van der Waals surface area contributed by atoms with Gasteiger partial charge in [0.05, 0.1) is 0 Å². The van der Waals surface area contributed by atoms with Crippen LogP contribution in [0.5, 0.6) is 0 Å². The van der Waals surface area contributed by atoms with Crippen molar-refractivity contribution in [3.05, 3.63) is 0 Å². The van der Waals surface area contributed by atoms with Gasteiger partial charge in [-0.05, 0) is 12.8 Å². The molecule has 0 bridgehead atoms. The molecular weight excluding hydrogens is 208 g/mol. The van der Waals surface area contributed by atoms with Gasteiger partial charge in [-0.15, -0.1) is 0 Å². The number of hydrogen-bond donors (Lipinski definition) is 2. The highest BCUT2D eigenvalue weighted by Crippen LogP contribution is 2.00. The molecule has 0 aromatic carbocycles. The molecule has 3 nitrogen and oxygen atoms in total. The fraction of sp³-hybridized carbons (Fsp3) is 0.857. The number of nitrogens with one attached hydrogen (secondary N) is 1. The van der Waals surface area contributed by atoms with Crippen molar-refractivity contribution in [3.63, 3.8) is 0 Å². The number of halogens is 1. The third kappa shape index (κ3) is 9.75. The normalized spacial score (nSPS) is 9.55. The highest BCUT2D eigenvalue weighted by Gasteiger charge is 1.91. The monoisotopic (exact) mass is 222 g/mol. The van der Waals surface area contributed by atoms with Crippen molar-refractivity contribution < 1.29 is 4.79 Å². The van der Waals surface area contributed by atoms with Gasteiger partial charge in [0.15, 0.2) is 0 Å². The maximum atomic E-state index is 10.2. The standard InChI is InChI=1S/C7H15BrN2O/c8-5-3-1-2-4-6-10-7(9)11/h1-6H2,(H3,9,10,11). The Balaban J connectivity index is 2.85. The van der Waals surface area contributed by atoms with Gasteiger partial charge in [0.2, 0.25) is 0 Å². The smallest absolute Gasteiger partial charge is 0.312 e. The van der Waals surface area contributed by atoms with Crippen LogP contribution in [0.2, 0.25) is 0 Å². The highest BCUT2D eigenvalue weighted by molar-refractivity contribution is 9.09. The number of rotatable bonds is 6. The molecule has 66 valence electrons. The van der Waals surface area contributed by atoms with Crippen LogP contribution < -0.4 is 11.1 Å². The van der Waals surface area contributed by atoms with Gasteiger partial charge < -0.3 is 11.1 Å². The fourth-order valence-corrected chi connectivity index (χ4v) is 1.18. The third-order valence-electron chi connectivity index (χ3n) is 1.36. The number of amides is 2. The van der Waals surface area contributed by atoms with Gasteiger partial charge in [-0.1, -0.05) is 28.8 Å². The first-order valence-corrected chi connectivity index (χ1v) is 4.99. The summed E-state index contributed by atoms with van der Waals surface area (Å²) in [6.07, 6.45) is 4.60. The number of alkyl halides is 1. The van der Waals surface area contributed by atoms with Crippen molar-refractivity contribution >= 4 is 22.0 Å². The van der Waals surface area contributed by atoms with Crippen molar-refractivity contribution in [2.75, 3.05) is 11.9 Å². The predicted molar refractivity (Wildman–Crippen MR) is 49.8 cm³/mol. The lowest BCUT2D eigenvalue weighted by Gasteiger charge is -2.00. The first-order chi connectivity index (χ1) is 5.27. The number of hydrogen-bond acceptors (Lipinski definition) is 1. The van der Waals surface area contributed by atoms with Crippen LogP contribution in [-0.2, 0) is 0 Å². The van der Waals surface area contributed by atoms with Crippen LogP contribution in [0.4, 0.5) is 4.79 Å². The number of carbonyl (C=O) groups excluding carboxylic acids is 1. The Morgan fingerprint density at radius 3 is 2.45 bits per heavy atom. The predicted octanol–water partition coefficient (Wildman–Crippen LogP) is 1.61. The average molecular weight is 223 g/mol. The molecule has 2 amide bonds. The summed E-state index contributed by atoms with van der Waals surface area (Å²) in [6.45, 7) is 0.706. The number of urea groups is 1. The van der Waals surface area contributed by atoms with Gasteiger partial charge in [-0.2, -0.15) is 0 Å². The summed E-state index contributed by atoms with van der Waals surface area (Å²) < 4.78 is 0. The van der Waals surface area contributed by atoms with E-state index in [0.29, 0.717) is 6.54 Å². The molecule has 11 heavy (non-hydrogen) atoms. The van der Waals surface area contributed by atoms with Crippen LogP contribution in [-0.4, -0.2) is 17.9 Å². The Bertz CT molecular complexity index is 109. The Morgan fingerprint density at radius 1 is 1.27 bits per heavy atom.